The standard InChI is InChI=1S/C6H3BClO2/c8-4-1-2-5-6(3-4)10-7-9-5/h1-3H. The van der Waals surface area contributed by atoms with Crippen molar-refractivity contribution in [2.24, 2.45) is 0 Å². The second-order valence-corrected chi connectivity index (χ2v) is 2.36. The Kier molecular flexibility index (Phi) is 1.24. The zero-order chi connectivity index (χ0) is 6.97. The molecule has 0 saturated carbocycles. The Hall–Kier alpha value is -0.825. The summed E-state index contributed by atoms with van der Waals surface area (Å²) in [5, 5.41) is 0.651. The van der Waals surface area contributed by atoms with Crippen LogP contribution in [0.4, 0.5) is 0 Å². The van der Waals surface area contributed by atoms with Crippen molar-refractivity contribution in [1.82, 2.24) is 0 Å². The molecule has 0 atom stereocenters. The van der Waals surface area contributed by atoms with Crippen LogP contribution in [0.25, 0.3) is 0 Å². The van der Waals surface area contributed by atoms with E-state index in [2.05, 4.69) is 0 Å². The van der Waals surface area contributed by atoms with Gasteiger partial charge in [0, 0.05) is 11.1 Å². The normalized spacial score (nSPS) is 12.9. The predicted octanol–water partition coefficient (Wildman–Crippen LogP) is 1.65. The fraction of sp³-hybridized carbons (Fsp3) is 0. The van der Waals surface area contributed by atoms with Crippen LogP contribution in [0.1, 0.15) is 0 Å². The number of rotatable bonds is 0. The lowest BCUT2D eigenvalue weighted by atomic mass is 10.3. The van der Waals surface area contributed by atoms with E-state index in [-0.39, 0.29) is 0 Å². The van der Waals surface area contributed by atoms with Crippen LogP contribution < -0.4 is 9.31 Å². The van der Waals surface area contributed by atoms with Gasteiger partial charge >= 0.3 is 7.69 Å². The quantitative estimate of drug-likeness (QED) is 0.528. The second-order valence-electron chi connectivity index (χ2n) is 1.92. The third-order valence-electron chi connectivity index (χ3n) is 1.26. The van der Waals surface area contributed by atoms with Gasteiger partial charge in [-0.05, 0) is 12.1 Å². The first-order valence-corrected chi connectivity index (χ1v) is 3.18. The molecule has 1 aromatic carbocycles. The second kappa shape index (κ2) is 2.09. The van der Waals surface area contributed by atoms with Crippen molar-refractivity contribution in [2.75, 3.05) is 0 Å². The van der Waals surface area contributed by atoms with Crippen molar-refractivity contribution in [3.8, 4) is 11.5 Å². The fourth-order valence-corrected chi connectivity index (χ4v) is 0.961. The van der Waals surface area contributed by atoms with Gasteiger partial charge in [-0.25, -0.2) is 0 Å². The van der Waals surface area contributed by atoms with Crippen LogP contribution >= 0.6 is 11.6 Å². The number of benzene rings is 1. The average molecular weight is 153 g/mol. The molecule has 4 heteroatoms. The van der Waals surface area contributed by atoms with Gasteiger partial charge in [-0.1, -0.05) is 11.6 Å². The van der Waals surface area contributed by atoms with Crippen LogP contribution in [-0.2, 0) is 0 Å². The summed E-state index contributed by atoms with van der Waals surface area (Å²) in [5.74, 6) is 1.39. The first-order chi connectivity index (χ1) is 4.86. The summed E-state index contributed by atoms with van der Waals surface area (Å²) in [4.78, 5) is 0. The highest BCUT2D eigenvalue weighted by Crippen LogP contribution is 2.32. The molecule has 0 N–H and O–H groups in total. The molecule has 49 valence electrons. The maximum absolute atomic E-state index is 5.67. The zero-order valence-corrected chi connectivity index (χ0v) is 5.76. The smallest absolute Gasteiger partial charge is 0.524 e. The van der Waals surface area contributed by atoms with Gasteiger partial charge in [-0.15, -0.1) is 0 Å². The highest BCUT2D eigenvalue weighted by atomic mass is 35.5. The molecule has 10 heavy (non-hydrogen) atoms. The molecule has 2 nitrogen and oxygen atoms in total. The first-order valence-electron chi connectivity index (χ1n) is 2.81. The molecule has 1 aliphatic heterocycles. The molecule has 1 heterocycles. The number of fused-ring (bicyclic) bond motifs is 1. The third-order valence-corrected chi connectivity index (χ3v) is 1.49. The van der Waals surface area contributed by atoms with E-state index in [0.717, 1.165) is 0 Å². The lowest BCUT2D eigenvalue weighted by molar-refractivity contribution is 0.541. The molecule has 0 aromatic heterocycles. The van der Waals surface area contributed by atoms with E-state index in [9.17, 15) is 0 Å². The minimum absolute atomic E-state index is 0.651. The van der Waals surface area contributed by atoms with Gasteiger partial charge < -0.3 is 9.31 Å². The maximum atomic E-state index is 5.67. The van der Waals surface area contributed by atoms with Gasteiger partial charge in [0.25, 0.3) is 0 Å². The van der Waals surface area contributed by atoms with Crippen molar-refractivity contribution >= 4 is 19.3 Å². The average Bonchev–Trinajstić information content (AvgIpc) is 2.33. The van der Waals surface area contributed by atoms with E-state index in [4.69, 9.17) is 20.9 Å². The topological polar surface area (TPSA) is 18.5 Å². The Morgan fingerprint density at radius 1 is 1.20 bits per heavy atom. The van der Waals surface area contributed by atoms with Crippen molar-refractivity contribution in [3.63, 3.8) is 0 Å². The summed E-state index contributed by atoms with van der Waals surface area (Å²) in [7, 11) is 1.28. The van der Waals surface area contributed by atoms with Crippen LogP contribution in [0, 0.1) is 0 Å². The summed E-state index contributed by atoms with van der Waals surface area (Å²) in [6.45, 7) is 0. The fourth-order valence-electron chi connectivity index (χ4n) is 0.799. The molecule has 0 unspecified atom stereocenters. The van der Waals surface area contributed by atoms with Gasteiger partial charge in [0.15, 0.2) is 0 Å². The van der Waals surface area contributed by atoms with Crippen molar-refractivity contribution in [1.29, 1.82) is 0 Å². The van der Waals surface area contributed by atoms with Crippen LogP contribution in [-0.4, -0.2) is 7.69 Å². The van der Waals surface area contributed by atoms with E-state index < -0.39 is 0 Å². The summed E-state index contributed by atoms with van der Waals surface area (Å²) in [6, 6.07) is 5.23. The van der Waals surface area contributed by atoms with Crippen LogP contribution in [0.2, 0.25) is 5.02 Å². The van der Waals surface area contributed by atoms with E-state index in [1.54, 1.807) is 18.2 Å². The molecule has 2 rings (SSSR count). The number of hydrogen-bond donors (Lipinski definition) is 0. The summed E-state index contributed by atoms with van der Waals surface area (Å²) in [6.07, 6.45) is 0. The Balaban J connectivity index is 2.52. The largest absolute Gasteiger partial charge is 0.658 e. The van der Waals surface area contributed by atoms with Crippen LogP contribution in [0.15, 0.2) is 18.2 Å². The minimum atomic E-state index is 0.651. The molecule has 0 fully saturated rings. The molecular weight excluding hydrogens is 150 g/mol. The summed E-state index contributed by atoms with van der Waals surface area (Å²) >= 11 is 5.67. The number of halogens is 1. The van der Waals surface area contributed by atoms with Crippen molar-refractivity contribution in [2.45, 2.75) is 0 Å². The van der Waals surface area contributed by atoms with Crippen molar-refractivity contribution in [3.05, 3.63) is 23.2 Å². The zero-order valence-electron chi connectivity index (χ0n) is 5.00. The monoisotopic (exact) mass is 153 g/mol. The lowest BCUT2D eigenvalue weighted by Crippen LogP contribution is -1.99. The maximum Gasteiger partial charge on any atom is 0.658 e. The summed E-state index contributed by atoms with van der Waals surface area (Å²) in [5.41, 5.74) is 0. The molecule has 1 aromatic rings. The summed E-state index contributed by atoms with van der Waals surface area (Å²) < 4.78 is 9.90. The molecule has 0 bridgehead atoms. The third kappa shape index (κ3) is 0.828. The molecule has 0 saturated heterocycles. The molecule has 1 aliphatic rings. The predicted molar refractivity (Wildman–Crippen MR) is 38.5 cm³/mol. The van der Waals surface area contributed by atoms with E-state index in [1.807, 2.05) is 0 Å². The van der Waals surface area contributed by atoms with Gasteiger partial charge in [-0.2, -0.15) is 0 Å². The highest BCUT2D eigenvalue weighted by molar-refractivity contribution is 6.31. The van der Waals surface area contributed by atoms with Crippen LogP contribution in [0.3, 0.4) is 0 Å². The van der Waals surface area contributed by atoms with E-state index >= 15 is 0 Å². The minimum Gasteiger partial charge on any atom is -0.524 e. The Morgan fingerprint density at radius 3 is 2.90 bits per heavy atom. The SMILES string of the molecule is Clc1ccc2c(c1)O[B]O2. The van der Waals surface area contributed by atoms with Gasteiger partial charge in [0.2, 0.25) is 0 Å². The van der Waals surface area contributed by atoms with Gasteiger partial charge in [0.05, 0.1) is 0 Å². The molecular formula is C6H3BClO2. The van der Waals surface area contributed by atoms with Crippen molar-refractivity contribution < 1.29 is 9.31 Å². The Morgan fingerprint density at radius 2 is 2.00 bits per heavy atom. The highest BCUT2D eigenvalue weighted by Gasteiger charge is 2.15. The van der Waals surface area contributed by atoms with E-state index in [0.29, 0.717) is 16.5 Å². The molecule has 0 spiro atoms. The Bertz CT molecular complexity index is 264. The lowest BCUT2D eigenvalue weighted by Gasteiger charge is -1.95. The first kappa shape index (κ1) is 5.92. The van der Waals surface area contributed by atoms with Gasteiger partial charge in [0.1, 0.15) is 11.5 Å². The number of hydrogen-bond acceptors (Lipinski definition) is 2. The Labute approximate surface area is 64.0 Å². The van der Waals surface area contributed by atoms with Gasteiger partial charge in [-0.3, -0.25) is 0 Å². The van der Waals surface area contributed by atoms with Crippen LogP contribution in [0.5, 0.6) is 11.5 Å². The molecule has 1 radical (unpaired) electrons. The molecule has 0 amide bonds. The molecule has 0 aliphatic carbocycles. The van der Waals surface area contributed by atoms with E-state index in [1.165, 1.54) is 7.69 Å².